The van der Waals surface area contributed by atoms with Gasteiger partial charge in [0.25, 0.3) is 0 Å². The summed E-state index contributed by atoms with van der Waals surface area (Å²) in [6, 6.07) is 0. The van der Waals surface area contributed by atoms with Crippen LogP contribution in [0.2, 0.25) is 0 Å². The van der Waals surface area contributed by atoms with Gasteiger partial charge in [0.1, 0.15) is 5.84 Å². The van der Waals surface area contributed by atoms with E-state index in [1.807, 2.05) is 25.4 Å². The van der Waals surface area contributed by atoms with Crippen molar-refractivity contribution in [3.63, 3.8) is 0 Å². The van der Waals surface area contributed by atoms with Crippen molar-refractivity contribution in [2.24, 2.45) is 4.99 Å². The van der Waals surface area contributed by atoms with Crippen LogP contribution in [-0.2, 0) is 0 Å². The van der Waals surface area contributed by atoms with Gasteiger partial charge in [-0.1, -0.05) is 0 Å². The Hall–Kier alpha value is -1.25. The van der Waals surface area contributed by atoms with Crippen molar-refractivity contribution >= 4 is 5.84 Å². The van der Waals surface area contributed by atoms with Gasteiger partial charge in [-0.15, -0.1) is 0 Å². The van der Waals surface area contributed by atoms with Gasteiger partial charge in [-0.2, -0.15) is 0 Å². The molecule has 0 atom stereocenters. The molecule has 0 aromatic rings. The van der Waals surface area contributed by atoms with Gasteiger partial charge in [0.2, 0.25) is 0 Å². The van der Waals surface area contributed by atoms with E-state index in [0.29, 0.717) is 0 Å². The minimum Gasteiger partial charge on any atom is -0.372 e. The van der Waals surface area contributed by atoms with Crippen LogP contribution in [0.5, 0.6) is 0 Å². The monoisotopic (exact) mass is 135 g/mol. The predicted molar refractivity (Wildman–Crippen MR) is 40.2 cm³/mol. The molecule has 1 N–H and O–H groups in total. The molecule has 0 aromatic heterocycles. The second kappa shape index (κ2) is 1.87. The van der Waals surface area contributed by atoms with Gasteiger partial charge in [-0.05, 0) is 13.0 Å². The largest absolute Gasteiger partial charge is 0.372 e. The Morgan fingerprint density at radius 1 is 1.70 bits per heavy atom. The lowest BCUT2D eigenvalue weighted by atomic mass is 10.3. The van der Waals surface area contributed by atoms with Crippen LogP contribution in [0.25, 0.3) is 0 Å². The van der Waals surface area contributed by atoms with E-state index in [0.717, 1.165) is 12.5 Å². The maximum absolute atomic E-state index is 4.15. The lowest BCUT2D eigenvalue weighted by Crippen LogP contribution is -2.29. The predicted octanol–water partition coefficient (Wildman–Crippen LogP) is 0.636. The summed E-state index contributed by atoms with van der Waals surface area (Å²) >= 11 is 0. The molecule has 0 radical (unpaired) electrons. The number of aliphatic imine (C=N–C) groups is 1. The second-order valence-corrected chi connectivity index (χ2v) is 2.35. The smallest absolute Gasteiger partial charge is 0.107 e. The number of hydrogen-bond donors (Lipinski definition) is 1. The fraction of sp³-hybridized carbons (Fsp3) is 0.286. The van der Waals surface area contributed by atoms with Gasteiger partial charge in [0.05, 0.1) is 12.4 Å². The molecule has 10 heavy (non-hydrogen) atoms. The molecule has 2 rings (SSSR count). The van der Waals surface area contributed by atoms with Gasteiger partial charge in [0.15, 0.2) is 0 Å². The molecule has 0 fully saturated rings. The van der Waals surface area contributed by atoms with E-state index in [-0.39, 0.29) is 0 Å². The Labute approximate surface area is 59.7 Å². The van der Waals surface area contributed by atoms with Crippen LogP contribution in [0.1, 0.15) is 6.92 Å². The molecule has 0 saturated heterocycles. The van der Waals surface area contributed by atoms with Crippen LogP contribution >= 0.6 is 0 Å². The number of nitrogens with one attached hydrogen (secondary N) is 1. The van der Waals surface area contributed by atoms with Gasteiger partial charge in [-0.25, -0.2) is 4.99 Å². The van der Waals surface area contributed by atoms with Crippen molar-refractivity contribution in [2.45, 2.75) is 6.92 Å². The molecule has 0 amide bonds. The lowest BCUT2D eigenvalue weighted by molar-refractivity contribution is 0.542. The zero-order chi connectivity index (χ0) is 6.97. The Morgan fingerprint density at radius 3 is 3.40 bits per heavy atom. The van der Waals surface area contributed by atoms with E-state index in [1.165, 1.54) is 5.70 Å². The number of hydrogen-bond acceptors (Lipinski definition) is 3. The zero-order valence-electron chi connectivity index (χ0n) is 5.83. The molecule has 0 aromatic carbocycles. The van der Waals surface area contributed by atoms with Gasteiger partial charge in [-0.3, -0.25) is 0 Å². The van der Waals surface area contributed by atoms with Gasteiger partial charge in [0, 0.05) is 12.4 Å². The van der Waals surface area contributed by atoms with Crippen molar-refractivity contribution in [2.75, 3.05) is 6.67 Å². The van der Waals surface area contributed by atoms with E-state index in [9.17, 15) is 0 Å². The molecule has 2 aliphatic heterocycles. The third-order valence-electron chi connectivity index (χ3n) is 1.71. The number of nitrogens with zero attached hydrogens (tertiary/aromatic N) is 2. The summed E-state index contributed by atoms with van der Waals surface area (Å²) in [6.45, 7) is 2.86. The summed E-state index contributed by atoms with van der Waals surface area (Å²) in [7, 11) is 0. The molecule has 0 bridgehead atoms. The Balaban J connectivity index is 2.36. The highest BCUT2D eigenvalue weighted by Crippen LogP contribution is 2.14. The van der Waals surface area contributed by atoms with Crippen LogP contribution < -0.4 is 5.32 Å². The number of fused-ring (bicyclic) bond motifs is 1. The van der Waals surface area contributed by atoms with Crippen LogP contribution in [-0.4, -0.2) is 17.4 Å². The number of amidine groups is 1. The SMILES string of the molecule is CC1=NC=CC2=CNCN21. The molecule has 52 valence electrons. The van der Waals surface area contributed by atoms with Crippen LogP contribution in [0.4, 0.5) is 0 Å². The fourth-order valence-electron chi connectivity index (χ4n) is 1.14. The van der Waals surface area contributed by atoms with Gasteiger partial charge < -0.3 is 10.2 Å². The highest BCUT2D eigenvalue weighted by molar-refractivity contribution is 5.84. The highest BCUT2D eigenvalue weighted by atomic mass is 15.3. The maximum Gasteiger partial charge on any atom is 0.107 e. The minimum absolute atomic E-state index is 0.856. The minimum atomic E-state index is 0.856. The van der Waals surface area contributed by atoms with E-state index in [2.05, 4.69) is 15.2 Å². The molecule has 3 heteroatoms. The molecule has 0 aliphatic carbocycles. The van der Waals surface area contributed by atoms with Crippen molar-refractivity contribution in [1.82, 2.24) is 10.2 Å². The van der Waals surface area contributed by atoms with E-state index >= 15 is 0 Å². The summed E-state index contributed by atoms with van der Waals surface area (Å²) in [4.78, 5) is 6.28. The van der Waals surface area contributed by atoms with Crippen molar-refractivity contribution in [3.05, 3.63) is 24.2 Å². The van der Waals surface area contributed by atoms with Crippen molar-refractivity contribution < 1.29 is 0 Å². The number of allylic oxidation sites excluding steroid dienone is 1. The average Bonchev–Trinajstić information content (AvgIpc) is 2.36. The van der Waals surface area contributed by atoms with E-state index in [1.54, 1.807) is 0 Å². The molecular formula is C7H9N3. The molecule has 0 unspecified atom stereocenters. The molecule has 2 heterocycles. The Kier molecular flexibility index (Phi) is 1.03. The third-order valence-corrected chi connectivity index (χ3v) is 1.71. The van der Waals surface area contributed by atoms with E-state index < -0.39 is 0 Å². The quantitative estimate of drug-likeness (QED) is 0.527. The first-order valence-corrected chi connectivity index (χ1v) is 3.30. The average molecular weight is 135 g/mol. The summed E-state index contributed by atoms with van der Waals surface area (Å²) in [5, 5.41) is 3.13. The van der Waals surface area contributed by atoms with Gasteiger partial charge >= 0.3 is 0 Å². The first-order valence-electron chi connectivity index (χ1n) is 3.30. The summed E-state index contributed by atoms with van der Waals surface area (Å²) in [5.74, 6) is 1.05. The molecule has 3 nitrogen and oxygen atoms in total. The van der Waals surface area contributed by atoms with E-state index in [4.69, 9.17) is 0 Å². The standard InChI is InChI=1S/C7H9N3/c1-6-9-3-2-7-4-8-5-10(6)7/h2-4,8H,5H2,1H3. The number of rotatable bonds is 0. The van der Waals surface area contributed by atoms with Crippen LogP contribution in [0.15, 0.2) is 29.2 Å². The van der Waals surface area contributed by atoms with Crippen molar-refractivity contribution in [3.8, 4) is 0 Å². The first kappa shape index (κ1) is 5.53. The van der Waals surface area contributed by atoms with Crippen molar-refractivity contribution in [1.29, 1.82) is 0 Å². The molecule has 0 spiro atoms. The maximum atomic E-state index is 4.15. The first-order chi connectivity index (χ1) is 4.88. The second-order valence-electron chi connectivity index (χ2n) is 2.35. The molecule has 2 aliphatic rings. The lowest BCUT2D eigenvalue weighted by Gasteiger charge is -2.20. The normalized spacial score (nSPS) is 21.5. The molecule has 0 saturated carbocycles. The Morgan fingerprint density at radius 2 is 2.60 bits per heavy atom. The Bertz CT molecular complexity index is 237. The molecular weight excluding hydrogens is 126 g/mol. The fourth-order valence-corrected chi connectivity index (χ4v) is 1.14. The zero-order valence-corrected chi connectivity index (χ0v) is 5.83. The third kappa shape index (κ3) is 0.635. The van der Waals surface area contributed by atoms with Crippen LogP contribution in [0, 0.1) is 0 Å². The highest BCUT2D eigenvalue weighted by Gasteiger charge is 2.16. The topological polar surface area (TPSA) is 27.6 Å². The van der Waals surface area contributed by atoms with Crippen LogP contribution in [0.3, 0.4) is 0 Å². The summed E-state index contributed by atoms with van der Waals surface area (Å²) < 4.78 is 0. The summed E-state index contributed by atoms with van der Waals surface area (Å²) in [5.41, 5.74) is 1.20. The summed E-state index contributed by atoms with van der Waals surface area (Å²) in [6.07, 6.45) is 5.81.